The maximum absolute atomic E-state index is 13.6. The number of hydrogen-bond acceptors (Lipinski definition) is 7. The molecule has 0 saturated heterocycles. The Labute approximate surface area is 189 Å². The van der Waals surface area contributed by atoms with Gasteiger partial charge in [-0.1, -0.05) is 18.2 Å². The van der Waals surface area contributed by atoms with Crippen molar-refractivity contribution in [3.63, 3.8) is 0 Å². The molecule has 0 amide bonds. The molecule has 0 atom stereocenters. The molecule has 5 aromatic rings. The molecule has 0 aliphatic carbocycles. The van der Waals surface area contributed by atoms with E-state index >= 15 is 0 Å². The first-order valence-electron chi connectivity index (χ1n) is 10.0. The number of halogens is 3. The first kappa shape index (κ1) is 21.4. The summed E-state index contributed by atoms with van der Waals surface area (Å²) in [6, 6.07) is 11.3. The fourth-order valence-electron chi connectivity index (χ4n) is 3.61. The predicted molar refractivity (Wildman–Crippen MR) is 119 cm³/mol. The van der Waals surface area contributed by atoms with Gasteiger partial charge in [-0.25, -0.2) is 9.97 Å². The molecule has 5 rings (SSSR count). The van der Waals surface area contributed by atoms with Gasteiger partial charge in [0.15, 0.2) is 5.65 Å². The molecule has 2 aromatic carbocycles. The summed E-state index contributed by atoms with van der Waals surface area (Å²) in [6.45, 7) is -1.35. The van der Waals surface area contributed by atoms with Crippen LogP contribution in [0, 0.1) is 0 Å². The van der Waals surface area contributed by atoms with E-state index in [1.807, 2.05) is 0 Å². The summed E-state index contributed by atoms with van der Waals surface area (Å²) < 4.78 is 40.7. The summed E-state index contributed by atoms with van der Waals surface area (Å²) in [4.78, 5) is 26.0. The van der Waals surface area contributed by atoms with Crippen molar-refractivity contribution in [3.05, 3.63) is 65.2 Å². The van der Waals surface area contributed by atoms with Gasteiger partial charge < -0.3 is 10.4 Å². The molecule has 0 fully saturated rings. The quantitative estimate of drug-likeness (QED) is 0.417. The SMILES string of the molecule is Cn1cc2cc(-c3nc4cnc(NCC(F)(F)F)nc4n(-c4ccccc4O)c3=O)ccc2n1. The highest BCUT2D eigenvalue weighted by atomic mass is 19.4. The van der Waals surface area contributed by atoms with Gasteiger partial charge in [0.2, 0.25) is 5.95 Å². The van der Waals surface area contributed by atoms with Crippen LogP contribution in [0.15, 0.2) is 59.7 Å². The van der Waals surface area contributed by atoms with Crippen molar-refractivity contribution in [2.24, 2.45) is 7.05 Å². The minimum Gasteiger partial charge on any atom is -0.506 e. The second-order valence-electron chi connectivity index (χ2n) is 7.54. The topological polar surface area (TPSA) is 111 Å². The smallest absolute Gasteiger partial charge is 0.405 e. The number of hydrogen-bond donors (Lipinski definition) is 2. The molecule has 12 heteroatoms. The van der Waals surface area contributed by atoms with Gasteiger partial charge in [0, 0.05) is 24.2 Å². The Balaban J connectivity index is 1.75. The molecule has 0 aliphatic rings. The van der Waals surface area contributed by atoms with Gasteiger partial charge in [0.05, 0.1) is 17.4 Å². The molecule has 0 unspecified atom stereocenters. The number of aromatic nitrogens is 6. The van der Waals surface area contributed by atoms with Gasteiger partial charge in [0.1, 0.15) is 23.5 Å². The van der Waals surface area contributed by atoms with Crippen molar-refractivity contribution in [3.8, 4) is 22.7 Å². The number of fused-ring (bicyclic) bond motifs is 2. The van der Waals surface area contributed by atoms with Gasteiger partial charge >= 0.3 is 6.18 Å². The lowest BCUT2D eigenvalue weighted by Crippen LogP contribution is -2.25. The van der Waals surface area contributed by atoms with Gasteiger partial charge in [-0.3, -0.25) is 14.0 Å². The number of rotatable bonds is 4. The fraction of sp³-hybridized carbons (Fsp3) is 0.136. The number of benzene rings is 2. The third kappa shape index (κ3) is 3.89. The highest BCUT2D eigenvalue weighted by molar-refractivity contribution is 5.85. The molecular formula is C22H16F3N7O2. The Morgan fingerprint density at radius 2 is 1.88 bits per heavy atom. The number of phenolic OH excluding ortho intramolecular Hbond substituents is 1. The molecule has 0 spiro atoms. The highest BCUT2D eigenvalue weighted by Crippen LogP contribution is 2.26. The second-order valence-corrected chi connectivity index (χ2v) is 7.54. The molecular weight excluding hydrogens is 451 g/mol. The zero-order valence-electron chi connectivity index (χ0n) is 17.6. The average Bonchev–Trinajstić information content (AvgIpc) is 3.17. The number of nitrogens with one attached hydrogen (secondary N) is 1. The van der Waals surface area contributed by atoms with Crippen LogP contribution in [-0.2, 0) is 7.05 Å². The Kier molecular flexibility index (Phi) is 4.92. The molecule has 0 saturated carbocycles. The van der Waals surface area contributed by atoms with Gasteiger partial charge in [-0.15, -0.1) is 0 Å². The highest BCUT2D eigenvalue weighted by Gasteiger charge is 2.27. The van der Waals surface area contributed by atoms with Crippen LogP contribution in [0.25, 0.3) is 39.0 Å². The van der Waals surface area contributed by atoms with Gasteiger partial charge in [-0.2, -0.15) is 23.3 Å². The van der Waals surface area contributed by atoms with Crippen molar-refractivity contribution in [1.82, 2.24) is 29.3 Å². The first-order chi connectivity index (χ1) is 16.2. The molecule has 34 heavy (non-hydrogen) atoms. The maximum Gasteiger partial charge on any atom is 0.405 e. The van der Waals surface area contributed by atoms with Crippen LogP contribution in [0.2, 0.25) is 0 Å². The van der Waals surface area contributed by atoms with E-state index in [1.165, 1.54) is 18.3 Å². The standard InChI is InChI=1S/C22H16F3N7O2/c1-31-10-13-8-12(6-7-14(13)30-31)18-20(34)32(16-4-2-3-5-17(16)33)19-15(28-18)9-26-21(29-19)27-11-22(23,24)25/h2-10,33H,11H2,1H3,(H,26,27,29). The van der Waals surface area contributed by atoms with Crippen LogP contribution >= 0.6 is 0 Å². The molecule has 0 radical (unpaired) electrons. The number of phenols is 1. The summed E-state index contributed by atoms with van der Waals surface area (Å²) in [5.41, 5.74) is 0.870. The van der Waals surface area contributed by atoms with Crippen molar-refractivity contribution in [2.75, 3.05) is 11.9 Å². The van der Waals surface area contributed by atoms with Gasteiger partial charge in [0.25, 0.3) is 5.56 Å². The number of aromatic hydroxyl groups is 1. The zero-order valence-corrected chi connectivity index (χ0v) is 17.6. The van der Waals surface area contributed by atoms with Gasteiger partial charge in [-0.05, 0) is 24.3 Å². The van der Waals surface area contributed by atoms with Crippen LogP contribution in [0.5, 0.6) is 5.75 Å². The van der Waals surface area contributed by atoms with Crippen LogP contribution in [0.1, 0.15) is 0 Å². The number of nitrogens with zero attached hydrogens (tertiary/aromatic N) is 6. The van der Waals surface area contributed by atoms with Crippen LogP contribution in [0.3, 0.4) is 0 Å². The van der Waals surface area contributed by atoms with Crippen LogP contribution < -0.4 is 10.9 Å². The average molecular weight is 467 g/mol. The number of para-hydroxylation sites is 2. The summed E-state index contributed by atoms with van der Waals surface area (Å²) >= 11 is 0. The molecule has 172 valence electrons. The van der Waals surface area contributed by atoms with Crippen LogP contribution in [-0.4, -0.2) is 47.1 Å². The molecule has 3 heterocycles. The fourth-order valence-corrected chi connectivity index (χ4v) is 3.61. The largest absolute Gasteiger partial charge is 0.506 e. The van der Waals surface area contributed by atoms with E-state index in [1.54, 1.807) is 48.3 Å². The molecule has 2 N–H and O–H groups in total. The van der Waals surface area contributed by atoms with E-state index in [4.69, 9.17) is 0 Å². The maximum atomic E-state index is 13.6. The molecule has 0 bridgehead atoms. The molecule has 3 aromatic heterocycles. The van der Waals surface area contributed by atoms with E-state index < -0.39 is 18.3 Å². The minimum atomic E-state index is -4.48. The number of aryl methyl sites for hydroxylation is 1. The van der Waals surface area contributed by atoms with E-state index in [0.717, 1.165) is 15.5 Å². The molecule has 9 nitrogen and oxygen atoms in total. The predicted octanol–water partition coefficient (Wildman–Crippen LogP) is 3.41. The lowest BCUT2D eigenvalue weighted by atomic mass is 10.1. The van der Waals surface area contributed by atoms with Crippen molar-refractivity contribution in [2.45, 2.75) is 6.18 Å². The summed E-state index contributed by atoms with van der Waals surface area (Å²) in [7, 11) is 1.78. The number of alkyl halides is 3. The Morgan fingerprint density at radius 3 is 2.65 bits per heavy atom. The Morgan fingerprint density at radius 1 is 1.09 bits per heavy atom. The number of anilines is 1. The first-order valence-corrected chi connectivity index (χ1v) is 10.0. The summed E-state index contributed by atoms with van der Waals surface area (Å²) in [5, 5.41) is 17.6. The summed E-state index contributed by atoms with van der Waals surface area (Å²) in [6.07, 6.45) is -1.46. The third-order valence-electron chi connectivity index (χ3n) is 5.06. The van der Waals surface area contributed by atoms with E-state index in [-0.39, 0.29) is 34.2 Å². The van der Waals surface area contributed by atoms with Crippen molar-refractivity contribution in [1.29, 1.82) is 0 Å². The molecule has 0 aliphatic heterocycles. The lowest BCUT2D eigenvalue weighted by molar-refractivity contribution is -0.115. The van der Waals surface area contributed by atoms with E-state index in [9.17, 15) is 23.1 Å². The monoisotopic (exact) mass is 467 g/mol. The Bertz CT molecular complexity index is 1610. The van der Waals surface area contributed by atoms with E-state index in [0.29, 0.717) is 5.56 Å². The lowest BCUT2D eigenvalue weighted by Gasteiger charge is -2.14. The second kappa shape index (κ2) is 7.83. The van der Waals surface area contributed by atoms with Crippen molar-refractivity contribution >= 4 is 28.0 Å². The zero-order chi connectivity index (χ0) is 24.0. The third-order valence-corrected chi connectivity index (χ3v) is 5.06. The summed E-state index contributed by atoms with van der Waals surface area (Å²) in [5.74, 6) is -0.547. The van der Waals surface area contributed by atoms with Crippen molar-refractivity contribution < 1.29 is 18.3 Å². The van der Waals surface area contributed by atoms with Crippen LogP contribution in [0.4, 0.5) is 19.1 Å². The Hall–Kier alpha value is -4.48. The minimum absolute atomic E-state index is 0.0566. The van der Waals surface area contributed by atoms with E-state index in [2.05, 4.69) is 25.4 Å². The normalized spacial score (nSPS) is 11.9.